The van der Waals surface area contributed by atoms with Gasteiger partial charge in [0.15, 0.2) is 0 Å². The van der Waals surface area contributed by atoms with E-state index >= 15 is 0 Å². The maximum absolute atomic E-state index is 13.6. The Kier molecular flexibility index (Phi) is 6.00. The van der Waals surface area contributed by atoms with E-state index in [1.54, 1.807) is 19.5 Å². The number of likely N-dealkylation sites (tertiary alicyclic amines) is 1. The molecule has 0 radical (unpaired) electrons. The minimum atomic E-state index is -0.378. The number of benzene rings is 1. The predicted octanol–water partition coefficient (Wildman–Crippen LogP) is 2.73. The van der Waals surface area contributed by atoms with Crippen LogP contribution in [0.3, 0.4) is 0 Å². The first kappa shape index (κ1) is 21.2. The summed E-state index contributed by atoms with van der Waals surface area (Å²) in [5.74, 6) is 2.78. The van der Waals surface area contributed by atoms with Crippen LogP contribution in [0.1, 0.15) is 31.2 Å². The molecule has 1 N–H and O–H groups in total. The maximum atomic E-state index is 13.6. The van der Waals surface area contributed by atoms with Gasteiger partial charge in [0.2, 0.25) is 11.9 Å². The first-order valence-corrected chi connectivity index (χ1v) is 11.8. The Balaban J connectivity index is 1.36. The van der Waals surface area contributed by atoms with E-state index in [-0.39, 0.29) is 17.2 Å². The molecule has 0 spiro atoms. The lowest BCUT2D eigenvalue weighted by molar-refractivity contribution is -0.132. The number of carbonyl (C=O) groups is 1. The molecule has 3 heterocycles. The Labute approximate surface area is 190 Å². The van der Waals surface area contributed by atoms with Crippen LogP contribution in [0.4, 0.5) is 5.95 Å². The van der Waals surface area contributed by atoms with Gasteiger partial charge in [-0.05, 0) is 61.9 Å². The van der Waals surface area contributed by atoms with Crippen LogP contribution >= 0.6 is 0 Å². The van der Waals surface area contributed by atoms with Crippen molar-refractivity contribution in [3.63, 3.8) is 0 Å². The molecule has 5 rings (SSSR count). The molecule has 1 aromatic carbocycles. The lowest BCUT2D eigenvalue weighted by atomic mass is 9.74. The van der Waals surface area contributed by atoms with Crippen LogP contribution < -0.4 is 15.0 Å². The molecule has 1 amide bonds. The highest BCUT2D eigenvalue weighted by Gasteiger charge is 2.53. The van der Waals surface area contributed by atoms with E-state index in [9.17, 15) is 4.79 Å². The van der Waals surface area contributed by atoms with Gasteiger partial charge in [0, 0.05) is 51.0 Å². The normalized spacial score (nSPS) is 25.8. The monoisotopic (exact) mass is 435 g/mol. The van der Waals surface area contributed by atoms with Crippen molar-refractivity contribution in [1.82, 2.24) is 20.2 Å². The van der Waals surface area contributed by atoms with Crippen molar-refractivity contribution in [1.29, 1.82) is 0 Å². The molecule has 7 nitrogen and oxygen atoms in total. The van der Waals surface area contributed by atoms with Gasteiger partial charge < -0.3 is 15.0 Å². The Morgan fingerprint density at radius 1 is 1.22 bits per heavy atom. The highest BCUT2D eigenvalue weighted by molar-refractivity contribution is 5.84. The molecule has 3 fully saturated rings. The second kappa shape index (κ2) is 9.06. The Morgan fingerprint density at radius 3 is 2.84 bits per heavy atom. The summed E-state index contributed by atoms with van der Waals surface area (Å²) in [7, 11) is 1.71. The van der Waals surface area contributed by atoms with Crippen LogP contribution in [-0.4, -0.2) is 60.6 Å². The van der Waals surface area contributed by atoms with Gasteiger partial charge in [0.05, 0.1) is 12.5 Å². The molecule has 1 aromatic heterocycles. The van der Waals surface area contributed by atoms with Crippen LogP contribution in [0.2, 0.25) is 0 Å². The van der Waals surface area contributed by atoms with Crippen molar-refractivity contribution < 1.29 is 9.53 Å². The molecule has 7 heteroatoms. The molecule has 2 aliphatic heterocycles. The van der Waals surface area contributed by atoms with Gasteiger partial charge in [-0.3, -0.25) is 9.69 Å². The number of hydrogen-bond donors (Lipinski definition) is 1. The fourth-order valence-electron chi connectivity index (χ4n) is 5.40. The third kappa shape index (κ3) is 4.44. The van der Waals surface area contributed by atoms with Gasteiger partial charge >= 0.3 is 0 Å². The van der Waals surface area contributed by atoms with Crippen molar-refractivity contribution in [2.45, 2.75) is 32.2 Å². The number of fused-ring (bicyclic) bond motifs is 1. The van der Waals surface area contributed by atoms with E-state index in [1.807, 2.05) is 18.2 Å². The molecule has 2 atom stereocenters. The largest absolute Gasteiger partial charge is 0.497 e. The van der Waals surface area contributed by atoms with E-state index in [1.165, 1.54) is 18.4 Å². The predicted molar refractivity (Wildman–Crippen MR) is 123 cm³/mol. The van der Waals surface area contributed by atoms with Crippen LogP contribution in [0.15, 0.2) is 42.7 Å². The SMILES string of the molecule is COc1cccc(CN2CCC[C@]3(C(=O)NCC4CC4)CN(c4ncccn4)C[C@@H]3C2)c1. The van der Waals surface area contributed by atoms with Crippen molar-refractivity contribution >= 4 is 11.9 Å². The third-order valence-corrected chi connectivity index (χ3v) is 7.35. The average Bonchev–Trinajstić information content (AvgIpc) is 3.61. The molecule has 1 saturated carbocycles. The zero-order valence-electron chi connectivity index (χ0n) is 18.9. The second-order valence-corrected chi connectivity index (χ2v) is 9.63. The Bertz CT molecular complexity index is 935. The molecule has 2 saturated heterocycles. The smallest absolute Gasteiger partial charge is 0.228 e. The van der Waals surface area contributed by atoms with Crippen LogP contribution in [-0.2, 0) is 11.3 Å². The average molecular weight is 436 g/mol. The number of nitrogens with one attached hydrogen (secondary N) is 1. The van der Waals surface area contributed by atoms with Crippen molar-refractivity contribution in [3.05, 3.63) is 48.3 Å². The van der Waals surface area contributed by atoms with Gasteiger partial charge in [-0.2, -0.15) is 0 Å². The topological polar surface area (TPSA) is 70.6 Å². The number of amides is 1. The van der Waals surface area contributed by atoms with Gasteiger partial charge in [-0.1, -0.05) is 12.1 Å². The zero-order valence-corrected chi connectivity index (χ0v) is 18.9. The zero-order chi connectivity index (χ0) is 22.0. The van der Waals surface area contributed by atoms with Crippen molar-refractivity contribution in [2.75, 3.05) is 44.7 Å². The number of carbonyl (C=O) groups excluding carboxylic acids is 1. The molecule has 1 aliphatic carbocycles. The maximum Gasteiger partial charge on any atom is 0.228 e. The Hall–Kier alpha value is -2.67. The molecular formula is C25H33N5O2. The Morgan fingerprint density at radius 2 is 2.06 bits per heavy atom. The van der Waals surface area contributed by atoms with Gasteiger partial charge in [0.25, 0.3) is 0 Å². The molecule has 0 bridgehead atoms. The first-order valence-electron chi connectivity index (χ1n) is 11.8. The summed E-state index contributed by atoms with van der Waals surface area (Å²) in [4.78, 5) is 27.3. The van der Waals surface area contributed by atoms with Crippen molar-refractivity contribution in [3.8, 4) is 5.75 Å². The van der Waals surface area contributed by atoms with E-state index < -0.39 is 0 Å². The van der Waals surface area contributed by atoms with E-state index in [0.717, 1.165) is 57.3 Å². The fourth-order valence-corrected chi connectivity index (χ4v) is 5.40. The van der Waals surface area contributed by atoms with E-state index in [2.05, 4.69) is 37.2 Å². The number of nitrogens with zero attached hydrogens (tertiary/aromatic N) is 4. The quantitative estimate of drug-likeness (QED) is 0.721. The number of hydrogen-bond acceptors (Lipinski definition) is 6. The lowest BCUT2D eigenvalue weighted by Crippen LogP contribution is -2.48. The van der Waals surface area contributed by atoms with Gasteiger partial charge in [-0.15, -0.1) is 0 Å². The van der Waals surface area contributed by atoms with Gasteiger partial charge in [-0.25, -0.2) is 9.97 Å². The summed E-state index contributed by atoms with van der Waals surface area (Å²) < 4.78 is 5.41. The molecular weight excluding hydrogens is 402 g/mol. The third-order valence-electron chi connectivity index (χ3n) is 7.35. The molecule has 0 unspecified atom stereocenters. The lowest BCUT2D eigenvalue weighted by Gasteiger charge is -2.32. The second-order valence-electron chi connectivity index (χ2n) is 9.63. The summed E-state index contributed by atoms with van der Waals surface area (Å²) in [5.41, 5.74) is 0.869. The van der Waals surface area contributed by atoms with Crippen LogP contribution in [0, 0.1) is 17.3 Å². The van der Waals surface area contributed by atoms with Crippen LogP contribution in [0.25, 0.3) is 0 Å². The summed E-state index contributed by atoms with van der Waals surface area (Å²) in [5, 5.41) is 3.31. The first-order chi connectivity index (χ1) is 15.7. The molecule has 3 aliphatic rings. The number of aromatic nitrogens is 2. The fraction of sp³-hybridized carbons (Fsp3) is 0.560. The number of methoxy groups -OCH3 is 1. The van der Waals surface area contributed by atoms with Crippen LogP contribution in [0.5, 0.6) is 5.75 Å². The number of ether oxygens (including phenoxy) is 1. The minimum absolute atomic E-state index is 0.232. The molecule has 2 aromatic rings. The summed E-state index contributed by atoms with van der Waals surface area (Å²) in [6.07, 6.45) is 7.98. The van der Waals surface area contributed by atoms with Crippen molar-refractivity contribution in [2.24, 2.45) is 17.3 Å². The highest BCUT2D eigenvalue weighted by Crippen LogP contribution is 2.44. The molecule has 170 valence electrons. The number of rotatable bonds is 7. The highest BCUT2D eigenvalue weighted by atomic mass is 16.5. The van der Waals surface area contributed by atoms with E-state index in [4.69, 9.17) is 4.74 Å². The molecule has 32 heavy (non-hydrogen) atoms. The summed E-state index contributed by atoms with van der Waals surface area (Å²) in [6.45, 7) is 5.11. The summed E-state index contributed by atoms with van der Waals surface area (Å²) in [6, 6.07) is 10.1. The van der Waals surface area contributed by atoms with E-state index in [0.29, 0.717) is 12.5 Å². The van der Waals surface area contributed by atoms with Gasteiger partial charge in [0.1, 0.15) is 5.75 Å². The summed E-state index contributed by atoms with van der Waals surface area (Å²) >= 11 is 0. The standard InChI is InChI=1S/C25H33N5O2/c1-32-22-6-2-5-20(13-22)15-29-12-3-9-25(23(31)28-14-19-7-8-19)18-30(17-21(25)16-29)24-26-10-4-11-27-24/h2,4-6,10-11,13,19,21H,3,7-9,12,14-18H2,1H3,(H,28,31)/t21-,25-/m0/s1. The number of anilines is 1. The minimum Gasteiger partial charge on any atom is -0.497 e.